The van der Waals surface area contributed by atoms with Gasteiger partial charge in [0.05, 0.1) is 5.69 Å². The molecule has 0 unspecified atom stereocenters. The number of carbonyl (C=O) groups excluding carboxylic acids is 1. The predicted octanol–water partition coefficient (Wildman–Crippen LogP) is 1.66. The van der Waals surface area contributed by atoms with E-state index in [1.54, 1.807) is 6.92 Å². The molecule has 0 saturated carbocycles. The Hall–Kier alpha value is -0.830. The molecular formula is C8H13ClN2O. The van der Waals surface area contributed by atoms with Crippen LogP contribution in [0.1, 0.15) is 28.9 Å². The topological polar surface area (TPSA) is 34.9 Å². The third kappa shape index (κ3) is 1.67. The van der Waals surface area contributed by atoms with E-state index >= 15 is 0 Å². The zero-order valence-electron chi connectivity index (χ0n) is 7.71. The molecule has 0 aliphatic heterocycles. The van der Waals surface area contributed by atoms with Gasteiger partial charge in [0.25, 0.3) is 0 Å². The second kappa shape index (κ2) is 3.72. The van der Waals surface area contributed by atoms with Crippen molar-refractivity contribution in [3.63, 3.8) is 0 Å². The van der Waals surface area contributed by atoms with Gasteiger partial charge in [-0.15, -0.1) is 12.4 Å². The minimum Gasteiger partial charge on any atom is -0.329 e. The van der Waals surface area contributed by atoms with Crippen LogP contribution in [0.5, 0.6) is 0 Å². The van der Waals surface area contributed by atoms with Crippen molar-refractivity contribution in [1.29, 1.82) is 0 Å². The van der Waals surface area contributed by atoms with Crippen LogP contribution in [-0.2, 0) is 7.05 Å². The summed E-state index contributed by atoms with van der Waals surface area (Å²) in [6, 6.07) is 0. The van der Waals surface area contributed by atoms with E-state index in [-0.39, 0.29) is 18.2 Å². The van der Waals surface area contributed by atoms with E-state index in [2.05, 4.69) is 4.98 Å². The Labute approximate surface area is 78.2 Å². The highest BCUT2D eigenvalue weighted by Gasteiger charge is 2.11. The molecule has 0 aliphatic rings. The van der Waals surface area contributed by atoms with Gasteiger partial charge < -0.3 is 4.57 Å². The van der Waals surface area contributed by atoms with Crippen LogP contribution in [0.2, 0.25) is 0 Å². The molecule has 0 saturated heterocycles. The van der Waals surface area contributed by atoms with Gasteiger partial charge in [-0.25, -0.2) is 4.98 Å². The van der Waals surface area contributed by atoms with Crippen LogP contribution in [0.4, 0.5) is 0 Å². The SMILES string of the molecule is CC(=O)c1c(C)nc(C)n1C.Cl. The summed E-state index contributed by atoms with van der Waals surface area (Å²) in [5.74, 6) is 0.957. The molecule has 1 aromatic rings. The molecule has 0 spiro atoms. The molecule has 4 heteroatoms. The molecule has 0 aliphatic carbocycles. The van der Waals surface area contributed by atoms with Gasteiger partial charge >= 0.3 is 0 Å². The first-order valence-corrected chi connectivity index (χ1v) is 3.55. The zero-order valence-corrected chi connectivity index (χ0v) is 8.53. The second-order valence-electron chi connectivity index (χ2n) is 2.71. The van der Waals surface area contributed by atoms with Crippen molar-refractivity contribution in [3.8, 4) is 0 Å². The fourth-order valence-electron chi connectivity index (χ4n) is 1.27. The van der Waals surface area contributed by atoms with Gasteiger partial charge in [-0.1, -0.05) is 0 Å². The molecule has 0 N–H and O–H groups in total. The molecule has 3 nitrogen and oxygen atoms in total. The first kappa shape index (κ1) is 11.2. The Morgan fingerprint density at radius 1 is 1.42 bits per heavy atom. The standard InChI is InChI=1S/C8H12N2O.ClH/c1-5-8(6(2)11)10(4)7(3)9-5;/h1-4H3;1H. The number of aryl methyl sites for hydroxylation is 2. The van der Waals surface area contributed by atoms with Crippen LogP contribution in [0, 0.1) is 13.8 Å². The fourth-order valence-corrected chi connectivity index (χ4v) is 1.27. The van der Waals surface area contributed by atoms with Crippen molar-refractivity contribution in [2.24, 2.45) is 7.05 Å². The van der Waals surface area contributed by atoms with Gasteiger partial charge in [-0.2, -0.15) is 0 Å². The van der Waals surface area contributed by atoms with E-state index < -0.39 is 0 Å². The smallest absolute Gasteiger partial charge is 0.178 e. The molecule has 68 valence electrons. The Morgan fingerprint density at radius 2 is 1.92 bits per heavy atom. The molecule has 1 rings (SSSR count). The third-order valence-electron chi connectivity index (χ3n) is 1.83. The number of hydrogen-bond donors (Lipinski definition) is 0. The van der Waals surface area contributed by atoms with Crippen molar-refractivity contribution in [1.82, 2.24) is 9.55 Å². The Morgan fingerprint density at radius 3 is 2.08 bits per heavy atom. The quantitative estimate of drug-likeness (QED) is 0.629. The number of rotatable bonds is 1. The summed E-state index contributed by atoms with van der Waals surface area (Å²) in [5.41, 5.74) is 1.53. The molecule has 0 fully saturated rings. The van der Waals surface area contributed by atoms with Gasteiger partial charge in [0, 0.05) is 14.0 Å². The van der Waals surface area contributed by atoms with E-state index in [0.29, 0.717) is 5.69 Å². The van der Waals surface area contributed by atoms with E-state index in [1.165, 1.54) is 0 Å². The number of nitrogens with zero attached hydrogens (tertiary/aromatic N) is 2. The Balaban J connectivity index is 0.00000121. The van der Waals surface area contributed by atoms with Gasteiger partial charge in [0.2, 0.25) is 0 Å². The molecule has 1 aromatic heterocycles. The van der Waals surface area contributed by atoms with Gasteiger partial charge in [-0.05, 0) is 13.8 Å². The van der Waals surface area contributed by atoms with Crippen molar-refractivity contribution < 1.29 is 4.79 Å². The van der Waals surface area contributed by atoms with Crippen LogP contribution >= 0.6 is 12.4 Å². The fraction of sp³-hybridized carbons (Fsp3) is 0.500. The zero-order chi connectivity index (χ0) is 8.59. The number of carbonyl (C=O) groups is 1. The summed E-state index contributed by atoms with van der Waals surface area (Å²) >= 11 is 0. The maximum Gasteiger partial charge on any atom is 0.178 e. The van der Waals surface area contributed by atoms with Crippen LogP contribution in [0.25, 0.3) is 0 Å². The lowest BCUT2D eigenvalue weighted by molar-refractivity contribution is 0.100. The molecule has 0 bridgehead atoms. The largest absolute Gasteiger partial charge is 0.329 e. The summed E-state index contributed by atoms with van der Waals surface area (Å²) in [4.78, 5) is 15.2. The Bertz CT molecular complexity index is 304. The lowest BCUT2D eigenvalue weighted by atomic mass is 10.2. The number of hydrogen-bond acceptors (Lipinski definition) is 2. The average Bonchev–Trinajstić information content (AvgIpc) is 2.07. The molecule has 0 radical (unpaired) electrons. The number of aromatic nitrogens is 2. The summed E-state index contributed by atoms with van der Waals surface area (Å²) in [6.07, 6.45) is 0. The molecule has 12 heavy (non-hydrogen) atoms. The lowest BCUT2D eigenvalue weighted by Gasteiger charge is -1.98. The summed E-state index contributed by atoms with van der Waals surface area (Å²) in [7, 11) is 1.85. The third-order valence-corrected chi connectivity index (χ3v) is 1.83. The maximum absolute atomic E-state index is 11.0. The predicted molar refractivity (Wildman–Crippen MR) is 49.9 cm³/mol. The molecular weight excluding hydrogens is 176 g/mol. The van der Waals surface area contributed by atoms with Crippen LogP contribution in [0.15, 0.2) is 0 Å². The summed E-state index contributed by atoms with van der Waals surface area (Å²) in [5, 5.41) is 0. The average molecular weight is 189 g/mol. The van der Waals surface area contributed by atoms with Gasteiger partial charge in [0.1, 0.15) is 11.5 Å². The first-order valence-electron chi connectivity index (χ1n) is 3.55. The van der Waals surface area contributed by atoms with E-state index in [0.717, 1.165) is 11.5 Å². The van der Waals surface area contributed by atoms with Crippen LogP contribution in [-0.4, -0.2) is 15.3 Å². The number of ketones is 1. The van der Waals surface area contributed by atoms with E-state index in [1.807, 2.05) is 25.5 Å². The van der Waals surface area contributed by atoms with Gasteiger partial charge in [0.15, 0.2) is 5.78 Å². The van der Waals surface area contributed by atoms with Crippen molar-refractivity contribution >= 4 is 18.2 Å². The minimum absolute atomic E-state index is 0. The summed E-state index contributed by atoms with van der Waals surface area (Å²) in [6.45, 7) is 5.30. The van der Waals surface area contributed by atoms with E-state index in [4.69, 9.17) is 0 Å². The van der Waals surface area contributed by atoms with E-state index in [9.17, 15) is 4.79 Å². The number of imidazole rings is 1. The molecule has 0 atom stereocenters. The highest BCUT2D eigenvalue weighted by atomic mass is 35.5. The normalized spacial score (nSPS) is 9.33. The molecule has 0 amide bonds. The number of Topliss-reactive ketones (excluding diaryl/α,β-unsaturated/α-hetero) is 1. The van der Waals surface area contributed by atoms with Gasteiger partial charge in [-0.3, -0.25) is 4.79 Å². The highest BCUT2D eigenvalue weighted by molar-refractivity contribution is 5.93. The van der Waals surface area contributed by atoms with Crippen LogP contribution < -0.4 is 0 Å². The van der Waals surface area contributed by atoms with Crippen molar-refractivity contribution in [3.05, 3.63) is 17.2 Å². The highest BCUT2D eigenvalue weighted by Crippen LogP contribution is 2.08. The van der Waals surface area contributed by atoms with Crippen molar-refractivity contribution in [2.75, 3.05) is 0 Å². The molecule has 1 heterocycles. The maximum atomic E-state index is 11.0. The monoisotopic (exact) mass is 188 g/mol. The molecule has 0 aromatic carbocycles. The first-order chi connectivity index (χ1) is 5.04. The van der Waals surface area contributed by atoms with Crippen LogP contribution in [0.3, 0.4) is 0 Å². The Kier molecular flexibility index (Phi) is 3.46. The van der Waals surface area contributed by atoms with Crippen molar-refractivity contribution in [2.45, 2.75) is 20.8 Å². The lowest BCUT2D eigenvalue weighted by Crippen LogP contribution is -2.03. The minimum atomic E-state index is 0. The number of halogens is 1. The summed E-state index contributed by atoms with van der Waals surface area (Å²) < 4.78 is 1.82. The second-order valence-corrected chi connectivity index (χ2v) is 2.71.